The van der Waals surface area contributed by atoms with Crippen molar-refractivity contribution in [2.45, 2.75) is 0 Å². The minimum Gasteiger partial charge on any atom is -0.308 e. The van der Waals surface area contributed by atoms with Crippen LogP contribution in [0.25, 0.3) is 11.0 Å². The van der Waals surface area contributed by atoms with Crippen LogP contribution in [0.1, 0.15) is 0 Å². The molecule has 5 heteroatoms. The Morgan fingerprint density at radius 2 is 1.93 bits per heavy atom. The molecule has 0 aliphatic carbocycles. The molecular weight excluding hydrogens is 312 g/mol. The second-order valence-electron chi connectivity index (χ2n) is 2.88. The summed E-state index contributed by atoms with van der Waals surface area (Å²) in [4.78, 5) is 15.5. The van der Waals surface area contributed by atoms with Gasteiger partial charge in [0.15, 0.2) is 0 Å². The fourth-order valence-electron chi connectivity index (χ4n) is 1.29. The fourth-order valence-corrected chi connectivity index (χ4v) is 2.30. The number of rotatable bonds is 0. The van der Waals surface area contributed by atoms with E-state index in [1.54, 1.807) is 11.6 Å². The molecule has 1 heterocycles. The standard InChI is InChI=1S/C9H6Br2N2O/c1-13-7(14)4-12-8-5(10)2-3-6(11)9(8)13/h2-4H,1H3. The minimum absolute atomic E-state index is 0.115. The molecule has 0 spiro atoms. The zero-order chi connectivity index (χ0) is 10.3. The summed E-state index contributed by atoms with van der Waals surface area (Å²) in [5.41, 5.74) is 1.46. The molecule has 0 unspecified atom stereocenters. The molecule has 0 saturated heterocycles. The number of benzene rings is 1. The van der Waals surface area contributed by atoms with Crippen LogP contribution in [0.4, 0.5) is 0 Å². The summed E-state index contributed by atoms with van der Waals surface area (Å²) in [5, 5.41) is 0. The number of fused-ring (bicyclic) bond motifs is 1. The van der Waals surface area contributed by atoms with Crippen LogP contribution in [0.3, 0.4) is 0 Å². The van der Waals surface area contributed by atoms with E-state index in [0.29, 0.717) is 0 Å². The Morgan fingerprint density at radius 1 is 1.29 bits per heavy atom. The monoisotopic (exact) mass is 316 g/mol. The number of halogens is 2. The van der Waals surface area contributed by atoms with E-state index in [-0.39, 0.29) is 5.56 Å². The Bertz CT molecular complexity index is 562. The number of nitrogens with zero attached hydrogens (tertiary/aromatic N) is 2. The molecule has 0 amide bonds. The summed E-state index contributed by atoms with van der Waals surface area (Å²) in [6.07, 6.45) is 1.32. The highest BCUT2D eigenvalue weighted by Crippen LogP contribution is 2.26. The van der Waals surface area contributed by atoms with E-state index in [1.807, 2.05) is 12.1 Å². The Hall–Kier alpha value is -0.680. The van der Waals surface area contributed by atoms with Crippen molar-refractivity contribution < 1.29 is 0 Å². The molecule has 2 rings (SSSR count). The summed E-state index contributed by atoms with van der Waals surface area (Å²) >= 11 is 6.79. The smallest absolute Gasteiger partial charge is 0.269 e. The molecule has 72 valence electrons. The topological polar surface area (TPSA) is 34.9 Å². The van der Waals surface area contributed by atoms with Crippen LogP contribution >= 0.6 is 31.9 Å². The van der Waals surface area contributed by atoms with E-state index in [2.05, 4.69) is 36.8 Å². The Labute approximate surface area is 97.0 Å². The van der Waals surface area contributed by atoms with Crippen molar-refractivity contribution in [1.82, 2.24) is 9.55 Å². The predicted molar refractivity (Wildman–Crippen MR) is 62.4 cm³/mol. The summed E-state index contributed by atoms with van der Waals surface area (Å²) in [5.74, 6) is 0. The van der Waals surface area contributed by atoms with Crippen LogP contribution in [0.2, 0.25) is 0 Å². The zero-order valence-corrected chi connectivity index (χ0v) is 10.5. The Morgan fingerprint density at radius 3 is 2.64 bits per heavy atom. The molecular formula is C9H6Br2N2O. The van der Waals surface area contributed by atoms with Gasteiger partial charge in [-0.05, 0) is 44.0 Å². The first kappa shape index (κ1) is 9.86. The molecule has 3 nitrogen and oxygen atoms in total. The van der Waals surface area contributed by atoms with Gasteiger partial charge < -0.3 is 4.57 Å². The second kappa shape index (κ2) is 3.47. The zero-order valence-electron chi connectivity index (χ0n) is 7.29. The normalized spacial score (nSPS) is 10.8. The minimum atomic E-state index is -0.115. The van der Waals surface area contributed by atoms with Crippen molar-refractivity contribution in [3.05, 3.63) is 37.6 Å². The first-order valence-corrected chi connectivity index (χ1v) is 5.49. The van der Waals surface area contributed by atoms with Gasteiger partial charge in [-0.3, -0.25) is 4.79 Å². The maximum Gasteiger partial charge on any atom is 0.269 e. The third kappa shape index (κ3) is 1.40. The highest BCUT2D eigenvalue weighted by molar-refractivity contribution is 9.11. The van der Waals surface area contributed by atoms with E-state index < -0.39 is 0 Å². The van der Waals surface area contributed by atoms with Gasteiger partial charge in [-0.25, -0.2) is 4.98 Å². The fraction of sp³-hybridized carbons (Fsp3) is 0.111. The maximum absolute atomic E-state index is 11.4. The van der Waals surface area contributed by atoms with E-state index in [9.17, 15) is 4.79 Å². The molecule has 1 aromatic heterocycles. The van der Waals surface area contributed by atoms with Crippen molar-refractivity contribution in [2.75, 3.05) is 0 Å². The van der Waals surface area contributed by atoms with Crippen LogP contribution < -0.4 is 5.56 Å². The van der Waals surface area contributed by atoms with Crippen molar-refractivity contribution in [1.29, 1.82) is 0 Å². The average Bonchev–Trinajstić information content (AvgIpc) is 2.16. The molecule has 2 aromatic rings. The van der Waals surface area contributed by atoms with Crippen molar-refractivity contribution in [2.24, 2.45) is 7.05 Å². The first-order chi connectivity index (χ1) is 6.61. The van der Waals surface area contributed by atoms with Gasteiger partial charge in [0.1, 0.15) is 5.52 Å². The van der Waals surface area contributed by atoms with Gasteiger partial charge >= 0.3 is 0 Å². The van der Waals surface area contributed by atoms with Crippen LogP contribution in [0.5, 0.6) is 0 Å². The lowest BCUT2D eigenvalue weighted by Gasteiger charge is -2.06. The summed E-state index contributed by atoms with van der Waals surface area (Å²) in [6.45, 7) is 0. The number of aromatic nitrogens is 2. The quantitative estimate of drug-likeness (QED) is 0.748. The van der Waals surface area contributed by atoms with E-state index >= 15 is 0 Å². The number of hydrogen-bond donors (Lipinski definition) is 0. The molecule has 0 N–H and O–H groups in total. The molecule has 0 radical (unpaired) electrons. The second-order valence-corrected chi connectivity index (χ2v) is 4.59. The predicted octanol–water partition coefficient (Wildman–Crippen LogP) is 2.46. The van der Waals surface area contributed by atoms with Crippen LogP contribution in [0, 0.1) is 0 Å². The molecule has 0 fully saturated rings. The largest absolute Gasteiger partial charge is 0.308 e. The van der Waals surface area contributed by atoms with Gasteiger partial charge in [0, 0.05) is 16.0 Å². The van der Waals surface area contributed by atoms with Crippen molar-refractivity contribution in [3.8, 4) is 0 Å². The van der Waals surface area contributed by atoms with Crippen molar-refractivity contribution in [3.63, 3.8) is 0 Å². The molecule has 0 aliphatic rings. The first-order valence-electron chi connectivity index (χ1n) is 3.91. The van der Waals surface area contributed by atoms with Crippen LogP contribution in [-0.4, -0.2) is 9.55 Å². The third-order valence-electron chi connectivity index (χ3n) is 2.02. The maximum atomic E-state index is 11.4. The Kier molecular flexibility index (Phi) is 2.45. The molecule has 1 aromatic carbocycles. The molecule has 0 atom stereocenters. The van der Waals surface area contributed by atoms with Crippen molar-refractivity contribution >= 4 is 42.9 Å². The molecule has 0 bridgehead atoms. The number of aryl methyl sites for hydroxylation is 1. The summed E-state index contributed by atoms with van der Waals surface area (Å²) in [6, 6.07) is 3.78. The Balaban J connectivity index is 3.08. The highest BCUT2D eigenvalue weighted by atomic mass is 79.9. The van der Waals surface area contributed by atoms with E-state index in [1.165, 1.54) is 6.20 Å². The van der Waals surface area contributed by atoms with Crippen LogP contribution in [-0.2, 0) is 7.05 Å². The lowest BCUT2D eigenvalue weighted by atomic mass is 10.3. The summed E-state index contributed by atoms with van der Waals surface area (Å²) in [7, 11) is 1.73. The van der Waals surface area contributed by atoms with Gasteiger partial charge in [-0.15, -0.1) is 0 Å². The van der Waals surface area contributed by atoms with E-state index in [4.69, 9.17) is 0 Å². The van der Waals surface area contributed by atoms with Gasteiger partial charge in [0.25, 0.3) is 5.56 Å². The lowest BCUT2D eigenvalue weighted by Crippen LogP contribution is -2.17. The van der Waals surface area contributed by atoms with Crippen LogP contribution in [0.15, 0.2) is 32.1 Å². The SMILES string of the molecule is Cn1c(=O)cnc2c(Br)ccc(Br)c21. The van der Waals surface area contributed by atoms with Gasteiger partial charge in [0.05, 0.1) is 11.7 Å². The van der Waals surface area contributed by atoms with Gasteiger partial charge in [-0.2, -0.15) is 0 Å². The molecule has 14 heavy (non-hydrogen) atoms. The number of hydrogen-bond acceptors (Lipinski definition) is 2. The average molecular weight is 318 g/mol. The third-order valence-corrected chi connectivity index (χ3v) is 3.30. The summed E-state index contributed by atoms with van der Waals surface area (Å²) < 4.78 is 3.31. The molecule has 0 saturated carbocycles. The lowest BCUT2D eigenvalue weighted by molar-refractivity contribution is 0.889. The highest BCUT2D eigenvalue weighted by Gasteiger charge is 2.07. The van der Waals surface area contributed by atoms with E-state index in [0.717, 1.165) is 20.0 Å². The van der Waals surface area contributed by atoms with Gasteiger partial charge in [-0.1, -0.05) is 0 Å². The van der Waals surface area contributed by atoms with Gasteiger partial charge in [0.2, 0.25) is 0 Å². The molecule has 0 aliphatic heterocycles.